The van der Waals surface area contributed by atoms with E-state index in [0.717, 1.165) is 5.56 Å². The zero-order valence-corrected chi connectivity index (χ0v) is 9.47. The first-order valence-corrected chi connectivity index (χ1v) is 5.45. The van der Waals surface area contributed by atoms with Crippen molar-refractivity contribution >= 4 is 12.0 Å². The van der Waals surface area contributed by atoms with Crippen molar-refractivity contribution in [3.05, 3.63) is 35.9 Å². The van der Waals surface area contributed by atoms with E-state index in [9.17, 15) is 9.59 Å². The molecule has 2 atom stereocenters. The Labute approximate surface area is 99.2 Å². The monoisotopic (exact) mass is 234 g/mol. The number of hydrogen-bond donors (Lipinski definition) is 2. The molecule has 5 heteroatoms. The molecule has 2 unspecified atom stereocenters. The molecular weight excluding hydrogens is 220 g/mol. The zero-order valence-electron chi connectivity index (χ0n) is 9.47. The molecule has 1 fully saturated rings. The van der Waals surface area contributed by atoms with E-state index in [0.29, 0.717) is 6.42 Å². The van der Waals surface area contributed by atoms with Gasteiger partial charge in [0.1, 0.15) is 12.3 Å². The molecule has 0 aliphatic carbocycles. The third kappa shape index (κ3) is 2.96. The predicted molar refractivity (Wildman–Crippen MR) is 61.2 cm³/mol. The zero-order chi connectivity index (χ0) is 12.3. The quantitative estimate of drug-likeness (QED) is 0.812. The van der Waals surface area contributed by atoms with Crippen LogP contribution < -0.4 is 10.6 Å². The first-order chi connectivity index (χ1) is 8.15. The van der Waals surface area contributed by atoms with Gasteiger partial charge in [-0.15, -0.1) is 0 Å². The summed E-state index contributed by atoms with van der Waals surface area (Å²) in [5.74, 6) is -0.140. The summed E-state index contributed by atoms with van der Waals surface area (Å²) in [7, 11) is 0. The number of hydrogen-bond acceptors (Lipinski definition) is 3. The fraction of sp³-hybridized carbons (Fsp3) is 0.333. The van der Waals surface area contributed by atoms with Crippen molar-refractivity contribution in [2.45, 2.75) is 25.6 Å². The molecule has 0 aromatic heterocycles. The summed E-state index contributed by atoms with van der Waals surface area (Å²) in [6.45, 7) is 1.73. The SMILES string of the molecule is CC1OC(=O)NC1NC(=O)Cc1ccccc1. The van der Waals surface area contributed by atoms with Crippen molar-refractivity contribution in [2.75, 3.05) is 0 Å². The van der Waals surface area contributed by atoms with Gasteiger partial charge in [0.2, 0.25) is 5.91 Å². The van der Waals surface area contributed by atoms with Crippen molar-refractivity contribution < 1.29 is 14.3 Å². The van der Waals surface area contributed by atoms with Crippen molar-refractivity contribution in [1.29, 1.82) is 0 Å². The van der Waals surface area contributed by atoms with Crippen LogP contribution in [0.1, 0.15) is 12.5 Å². The van der Waals surface area contributed by atoms with Gasteiger partial charge in [-0.05, 0) is 12.5 Å². The van der Waals surface area contributed by atoms with E-state index in [1.807, 2.05) is 30.3 Å². The summed E-state index contributed by atoms with van der Waals surface area (Å²) in [6.07, 6.45) is -0.997. The third-order valence-corrected chi connectivity index (χ3v) is 2.56. The molecule has 2 N–H and O–H groups in total. The number of ether oxygens (including phenoxy) is 1. The average molecular weight is 234 g/mol. The lowest BCUT2D eigenvalue weighted by atomic mass is 10.1. The Hall–Kier alpha value is -2.04. The number of carbonyl (C=O) groups is 2. The lowest BCUT2D eigenvalue weighted by Gasteiger charge is -2.14. The van der Waals surface area contributed by atoms with Crippen LogP contribution in [-0.4, -0.2) is 24.3 Å². The lowest BCUT2D eigenvalue weighted by Crippen LogP contribution is -2.47. The molecule has 5 nitrogen and oxygen atoms in total. The van der Waals surface area contributed by atoms with Crippen LogP contribution in [-0.2, 0) is 16.0 Å². The number of amides is 2. The number of cyclic esters (lactones) is 1. The van der Waals surface area contributed by atoms with Gasteiger partial charge in [0.25, 0.3) is 0 Å². The smallest absolute Gasteiger partial charge is 0.409 e. The molecule has 1 aromatic rings. The highest BCUT2D eigenvalue weighted by atomic mass is 16.6. The number of nitrogens with one attached hydrogen (secondary N) is 2. The Balaban J connectivity index is 1.88. The molecular formula is C12H14N2O3. The molecule has 0 saturated carbocycles. The minimum absolute atomic E-state index is 0.140. The van der Waals surface area contributed by atoms with Crippen LogP contribution in [0.25, 0.3) is 0 Å². The molecule has 1 heterocycles. The Bertz CT molecular complexity index is 419. The van der Waals surface area contributed by atoms with E-state index >= 15 is 0 Å². The molecule has 0 spiro atoms. The van der Waals surface area contributed by atoms with Gasteiger partial charge in [0.05, 0.1) is 6.42 Å². The van der Waals surface area contributed by atoms with Crippen LogP contribution in [0.4, 0.5) is 4.79 Å². The fourth-order valence-electron chi connectivity index (χ4n) is 1.67. The molecule has 0 radical (unpaired) electrons. The van der Waals surface area contributed by atoms with Crippen LogP contribution in [0.2, 0.25) is 0 Å². The molecule has 0 bridgehead atoms. The van der Waals surface area contributed by atoms with Crippen molar-refractivity contribution in [2.24, 2.45) is 0 Å². The standard InChI is InChI=1S/C12H14N2O3/c1-8-11(14-12(16)17-8)13-10(15)7-9-5-3-2-4-6-9/h2-6,8,11H,7H2,1H3,(H,13,15)(H,14,16). The van der Waals surface area contributed by atoms with Crippen molar-refractivity contribution in [3.8, 4) is 0 Å². The minimum Gasteiger partial charge on any atom is -0.442 e. The van der Waals surface area contributed by atoms with E-state index in [2.05, 4.69) is 10.6 Å². The van der Waals surface area contributed by atoms with E-state index in [1.54, 1.807) is 6.92 Å². The fourth-order valence-corrected chi connectivity index (χ4v) is 1.67. The van der Waals surface area contributed by atoms with Crippen molar-refractivity contribution in [3.63, 3.8) is 0 Å². The predicted octanol–water partition coefficient (Wildman–Crippen LogP) is 0.800. The molecule has 1 aliphatic rings. The first-order valence-electron chi connectivity index (χ1n) is 5.45. The second-order valence-electron chi connectivity index (χ2n) is 3.96. The second-order valence-corrected chi connectivity index (χ2v) is 3.96. The van der Waals surface area contributed by atoms with Gasteiger partial charge in [-0.3, -0.25) is 10.1 Å². The van der Waals surface area contributed by atoms with Crippen LogP contribution in [0, 0.1) is 0 Å². The summed E-state index contributed by atoms with van der Waals surface area (Å²) in [5.41, 5.74) is 0.933. The van der Waals surface area contributed by atoms with Gasteiger partial charge in [0, 0.05) is 0 Å². The first kappa shape index (κ1) is 11.4. The molecule has 1 saturated heterocycles. The van der Waals surface area contributed by atoms with Crippen molar-refractivity contribution in [1.82, 2.24) is 10.6 Å². The van der Waals surface area contributed by atoms with Gasteiger partial charge < -0.3 is 10.1 Å². The molecule has 17 heavy (non-hydrogen) atoms. The third-order valence-electron chi connectivity index (χ3n) is 2.56. The maximum absolute atomic E-state index is 11.7. The normalized spacial score (nSPS) is 22.8. The minimum atomic E-state index is -0.498. The van der Waals surface area contributed by atoms with E-state index in [4.69, 9.17) is 4.74 Å². The summed E-state index contributed by atoms with van der Waals surface area (Å²) < 4.78 is 4.86. The van der Waals surface area contributed by atoms with Gasteiger partial charge in [0.15, 0.2) is 0 Å². The van der Waals surface area contributed by atoms with Crippen LogP contribution in [0.15, 0.2) is 30.3 Å². The number of rotatable bonds is 3. The number of carbonyl (C=O) groups excluding carboxylic acids is 2. The molecule has 1 aromatic carbocycles. The van der Waals surface area contributed by atoms with Crippen LogP contribution in [0.3, 0.4) is 0 Å². The van der Waals surface area contributed by atoms with Gasteiger partial charge in [-0.2, -0.15) is 0 Å². The maximum atomic E-state index is 11.7. The largest absolute Gasteiger partial charge is 0.442 e. The molecule has 2 amide bonds. The maximum Gasteiger partial charge on any atom is 0.409 e. The lowest BCUT2D eigenvalue weighted by molar-refractivity contribution is -0.121. The number of alkyl carbamates (subject to hydrolysis) is 1. The summed E-state index contributed by atoms with van der Waals surface area (Å²) >= 11 is 0. The summed E-state index contributed by atoms with van der Waals surface area (Å²) in [4.78, 5) is 22.6. The number of benzene rings is 1. The Morgan fingerprint density at radius 1 is 1.41 bits per heavy atom. The highest BCUT2D eigenvalue weighted by Crippen LogP contribution is 2.06. The highest BCUT2D eigenvalue weighted by molar-refractivity contribution is 5.80. The van der Waals surface area contributed by atoms with Crippen LogP contribution >= 0.6 is 0 Å². The van der Waals surface area contributed by atoms with Gasteiger partial charge >= 0.3 is 6.09 Å². The molecule has 90 valence electrons. The summed E-state index contributed by atoms with van der Waals surface area (Å²) in [5, 5.41) is 5.24. The van der Waals surface area contributed by atoms with E-state index < -0.39 is 12.3 Å². The van der Waals surface area contributed by atoms with E-state index in [-0.39, 0.29) is 12.0 Å². The Morgan fingerprint density at radius 2 is 2.12 bits per heavy atom. The Morgan fingerprint density at radius 3 is 2.71 bits per heavy atom. The van der Waals surface area contributed by atoms with E-state index in [1.165, 1.54) is 0 Å². The van der Waals surface area contributed by atoms with Gasteiger partial charge in [-0.25, -0.2) is 4.79 Å². The van der Waals surface area contributed by atoms with Crippen LogP contribution in [0.5, 0.6) is 0 Å². The topological polar surface area (TPSA) is 67.4 Å². The summed E-state index contributed by atoms with van der Waals surface area (Å²) in [6, 6.07) is 9.42. The molecule has 2 rings (SSSR count). The molecule has 1 aliphatic heterocycles. The average Bonchev–Trinajstić information content (AvgIpc) is 2.58. The van der Waals surface area contributed by atoms with Gasteiger partial charge in [-0.1, -0.05) is 30.3 Å². The second kappa shape index (κ2) is 4.86. The Kier molecular flexibility index (Phi) is 3.27. The highest BCUT2D eigenvalue weighted by Gasteiger charge is 2.31.